The summed E-state index contributed by atoms with van der Waals surface area (Å²) in [7, 11) is 2.97. The third-order valence-electron chi connectivity index (χ3n) is 2.65. The van der Waals surface area contributed by atoms with Gasteiger partial charge in [-0.05, 0) is 19.1 Å². The average Bonchev–Trinajstić information content (AvgIpc) is 2.50. The second-order valence-electron chi connectivity index (χ2n) is 3.85. The lowest BCUT2D eigenvalue weighted by Gasteiger charge is -2.13. The first-order valence-corrected chi connectivity index (χ1v) is 6.31. The minimum Gasteiger partial charge on any atom is -0.496 e. The Balaban J connectivity index is 2.86. The van der Waals surface area contributed by atoms with Gasteiger partial charge in [0, 0.05) is 5.56 Å². The molecule has 0 aliphatic carbocycles. The van der Waals surface area contributed by atoms with Gasteiger partial charge >= 0.3 is 5.97 Å². The van der Waals surface area contributed by atoms with E-state index in [0.717, 1.165) is 6.08 Å². The Morgan fingerprint density at radius 2 is 1.86 bits per heavy atom. The van der Waals surface area contributed by atoms with E-state index >= 15 is 0 Å². The van der Waals surface area contributed by atoms with Gasteiger partial charge in [0.15, 0.2) is 6.29 Å². The van der Waals surface area contributed by atoms with Gasteiger partial charge in [-0.15, -0.1) is 0 Å². The van der Waals surface area contributed by atoms with E-state index in [2.05, 4.69) is 0 Å². The molecule has 1 aromatic carbocycles. The molecule has 0 heterocycles. The van der Waals surface area contributed by atoms with Crippen molar-refractivity contribution >= 4 is 12.3 Å². The zero-order chi connectivity index (χ0) is 15.7. The highest BCUT2D eigenvalue weighted by molar-refractivity contribution is 5.83. The summed E-state index contributed by atoms with van der Waals surface area (Å²) in [4.78, 5) is 22.3. The second kappa shape index (κ2) is 8.63. The number of methoxy groups -OCH3 is 2. The van der Waals surface area contributed by atoms with Gasteiger partial charge in [0.25, 0.3) is 0 Å². The van der Waals surface area contributed by atoms with Gasteiger partial charge in [-0.3, -0.25) is 4.79 Å². The van der Waals surface area contributed by atoms with E-state index in [4.69, 9.17) is 18.9 Å². The monoisotopic (exact) mass is 294 g/mol. The Morgan fingerprint density at radius 3 is 2.43 bits per heavy atom. The Labute approximate surface area is 123 Å². The van der Waals surface area contributed by atoms with Crippen LogP contribution in [0.1, 0.15) is 22.8 Å². The number of hydrogen-bond acceptors (Lipinski definition) is 6. The summed E-state index contributed by atoms with van der Waals surface area (Å²) in [6.45, 7) is 2.07. The third kappa shape index (κ3) is 4.52. The van der Waals surface area contributed by atoms with Crippen molar-refractivity contribution in [3.63, 3.8) is 0 Å². The lowest BCUT2D eigenvalue weighted by molar-refractivity contribution is -0.137. The standard InChI is InChI=1S/C15H18O6/c1-4-21-15(17)7-8-20-10-12-11(9-16)13(18-2)5-6-14(12)19-3/h5-9H,4,10H2,1-3H3/b8-7+. The molecule has 0 radical (unpaired) electrons. The molecule has 0 saturated carbocycles. The number of hydrogen-bond donors (Lipinski definition) is 0. The van der Waals surface area contributed by atoms with Gasteiger partial charge < -0.3 is 18.9 Å². The molecular weight excluding hydrogens is 276 g/mol. The Morgan fingerprint density at radius 1 is 1.19 bits per heavy atom. The molecule has 0 unspecified atom stereocenters. The molecule has 0 aromatic heterocycles. The normalized spacial score (nSPS) is 10.2. The molecule has 6 nitrogen and oxygen atoms in total. The van der Waals surface area contributed by atoms with E-state index in [1.165, 1.54) is 20.5 Å². The first-order chi connectivity index (χ1) is 10.2. The molecule has 0 bridgehead atoms. The van der Waals surface area contributed by atoms with Crippen LogP contribution in [0, 0.1) is 0 Å². The van der Waals surface area contributed by atoms with E-state index in [1.54, 1.807) is 19.1 Å². The molecule has 0 aliphatic heterocycles. The highest BCUT2D eigenvalue weighted by Crippen LogP contribution is 2.29. The first kappa shape index (κ1) is 16.6. The van der Waals surface area contributed by atoms with Crippen LogP contribution in [0.2, 0.25) is 0 Å². The van der Waals surface area contributed by atoms with Crippen molar-refractivity contribution in [1.29, 1.82) is 0 Å². The fourth-order valence-electron chi connectivity index (χ4n) is 1.70. The zero-order valence-corrected chi connectivity index (χ0v) is 12.3. The molecule has 6 heteroatoms. The van der Waals surface area contributed by atoms with Crippen LogP contribution in [0.4, 0.5) is 0 Å². The Hall–Kier alpha value is -2.50. The zero-order valence-electron chi connectivity index (χ0n) is 12.3. The van der Waals surface area contributed by atoms with Crippen LogP contribution in [0.3, 0.4) is 0 Å². The SMILES string of the molecule is CCOC(=O)/C=C/OCc1c(OC)ccc(OC)c1C=O. The number of esters is 1. The number of aldehydes is 1. The fourth-order valence-corrected chi connectivity index (χ4v) is 1.70. The quantitative estimate of drug-likeness (QED) is 0.316. The maximum Gasteiger partial charge on any atom is 0.333 e. The van der Waals surface area contributed by atoms with Crippen molar-refractivity contribution < 1.29 is 28.5 Å². The second-order valence-corrected chi connectivity index (χ2v) is 3.85. The molecule has 21 heavy (non-hydrogen) atoms. The predicted molar refractivity (Wildman–Crippen MR) is 75.5 cm³/mol. The van der Waals surface area contributed by atoms with Crippen LogP contribution in [-0.2, 0) is 20.9 Å². The van der Waals surface area contributed by atoms with Crippen molar-refractivity contribution in [3.8, 4) is 11.5 Å². The third-order valence-corrected chi connectivity index (χ3v) is 2.65. The van der Waals surface area contributed by atoms with Gasteiger partial charge in [0.1, 0.15) is 18.1 Å². The van der Waals surface area contributed by atoms with Gasteiger partial charge in [-0.25, -0.2) is 4.79 Å². The molecule has 0 N–H and O–H groups in total. The van der Waals surface area contributed by atoms with E-state index in [9.17, 15) is 9.59 Å². The first-order valence-electron chi connectivity index (χ1n) is 6.31. The van der Waals surface area contributed by atoms with Crippen molar-refractivity contribution in [2.75, 3.05) is 20.8 Å². The van der Waals surface area contributed by atoms with Crippen LogP contribution >= 0.6 is 0 Å². The largest absolute Gasteiger partial charge is 0.496 e. The van der Waals surface area contributed by atoms with E-state index in [1.807, 2.05) is 0 Å². The van der Waals surface area contributed by atoms with E-state index < -0.39 is 5.97 Å². The van der Waals surface area contributed by atoms with Crippen molar-refractivity contribution in [1.82, 2.24) is 0 Å². The van der Waals surface area contributed by atoms with Gasteiger partial charge in [0.2, 0.25) is 0 Å². The lowest BCUT2D eigenvalue weighted by atomic mass is 10.1. The summed E-state index contributed by atoms with van der Waals surface area (Å²) in [5, 5.41) is 0. The van der Waals surface area contributed by atoms with Gasteiger partial charge in [0.05, 0.1) is 38.7 Å². The molecule has 0 saturated heterocycles. The summed E-state index contributed by atoms with van der Waals surface area (Å²) >= 11 is 0. The highest BCUT2D eigenvalue weighted by atomic mass is 16.5. The van der Waals surface area contributed by atoms with Crippen molar-refractivity contribution in [2.24, 2.45) is 0 Å². The molecule has 0 spiro atoms. The lowest BCUT2D eigenvalue weighted by Crippen LogP contribution is -2.02. The number of carbonyl (C=O) groups is 2. The summed E-state index contributed by atoms with van der Waals surface area (Å²) in [5.41, 5.74) is 0.891. The van der Waals surface area contributed by atoms with Crippen molar-refractivity contribution in [2.45, 2.75) is 13.5 Å². The molecular formula is C15H18O6. The molecule has 1 aromatic rings. The maximum atomic E-state index is 11.2. The minimum atomic E-state index is -0.495. The van der Waals surface area contributed by atoms with Crippen LogP contribution < -0.4 is 9.47 Å². The average molecular weight is 294 g/mol. The van der Waals surface area contributed by atoms with Gasteiger partial charge in [-0.2, -0.15) is 0 Å². The number of ether oxygens (including phenoxy) is 4. The summed E-state index contributed by atoms with van der Waals surface area (Å²) in [5.74, 6) is 0.437. The number of carbonyl (C=O) groups excluding carboxylic acids is 2. The number of benzene rings is 1. The van der Waals surface area contributed by atoms with Gasteiger partial charge in [-0.1, -0.05) is 0 Å². The summed E-state index contributed by atoms with van der Waals surface area (Å²) < 4.78 is 20.3. The van der Waals surface area contributed by atoms with Crippen LogP contribution in [0.15, 0.2) is 24.5 Å². The molecule has 1 rings (SSSR count). The van der Waals surface area contributed by atoms with Crippen LogP contribution in [0.5, 0.6) is 11.5 Å². The Bertz CT molecular complexity index is 521. The smallest absolute Gasteiger partial charge is 0.333 e. The van der Waals surface area contributed by atoms with E-state index in [0.29, 0.717) is 35.5 Å². The summed E-state index contributed by atoms with van der Waals surface area (Å²) in [6.07, 6.45) is 3.05. The molecule has 0 fully saturated rings. The molecule has 0 aliphatic rings. The molecule has 114 valence electrons. The van der Waals surface area contributed by atoms with Crippen LogP contribution in [0.25, 0.3) is 0 Å². The van der Waals surface area contributed by atoms with E-state index in [-0.39, 0.29) is 6.61 Å². The number of rotatable bonds is 8. The Kier molecular flexibility index (Phi) is 6.80. The van der Waals surface area contributed by atoms with Crippen molar-refractivity contribution in [3.05, 3.63) is 35.6 Å². The maximum absolute atomic E-state index is 11.2. The fraction of sp³-hybridized carbons (Fsp3) is 0.333. The van der Waals surface area contributed by atoms with Crippen LogP contribution in [-0.4, -0.2) is 33.1 Å². The minimum absolute atomic E-state index is 0.0599. The summed E-state index contributed by atoms with van der Waals surface area (Å²) in [6, 6.07) is 3.32. The molecule has 0 atom stereocenters. The topological polar surface area (TPSA) is 71.1 Å². The highest BCUT2D eigenvalue weighted by Gasteiger charge is 2.14. The predicted octanol–water partition coefficient (Wildman–Crippen LogP) is 2.11. The molecule has 0 amide bonds.